The lowest BCUT2D eigenvalue weighted by molar-refractivity contribution is 0.0728. The van der Waals surface area contributed by atoms with E-state index in [0.717, 1.165) is 31.6 Å². The number of hydrogen-bond acceptors (Lipinski definition) is 3. The zero-order valence-electron chi connectivity index (χ0n) is 27.4. The molecule has 0 spiro atoms. The molecule has 0 aliphatic heterocycles. The predicted octanol–water partition coefficient (Wildman–Crippen LogP) is 12.1. The minimum Gasteiger partial charge on any atom is -0.490 e. The third-order valence-corrected chi connectivity index (χ3v) is 9.39. The fourth-order valence-electron chi connectivity index (χ4n) is 6.68. The molecule has 5 heteroatoms. The van der Waals surface area contributed by atoms with Gasteiger partial charge in [-0.3, -0.25) is 0 Å². The Labute approximate surface area is 265 Å². The van der Waals surface area contributed by atoms with E-state index in [9.17, 15) is 13.6 Å². The molecule has 1 fully saturated rings. The van der Waals surface area contributed by atoms with Crippen LogP contribution in [0.5, 0.6) is 11.5 Å². The Balaban J connectivity index is 1.47. The summed E-state index contributed by atoms with van der Waals surface area (Å²) >= 11 is 0. The molecule has 0 N–H and O–H groups in total. The highest BCUT2D eigenvalue weighted by Gasteiger charge is 2.28. The molecule has 1 aliphatic rings. The van der Waals surface area contributed by atoms with Gasteiger partial charge in [-0.1, -0.05) is 122 Å². The van der Waals surface area contributed by atoms with Crippen LogP contribution < -0.4 is 9.47 Å². The van der Waals surface area contributed by atoms with Crippen LogP contribution >= 0.6 is 0 Å². The van der Waals surface area contributed by atoms with Crippen LogP contribution in [0.25, 0.3) is 0 Å². The van der Waals surface area contributed by atoms with E-state index in [4.69, 9.17) is 9.47 Å². The van der Waals surface area contributed by atoms with Crippen LogP contribution in [-0.2, 0) is 0 Å². The summed E-state index contributed by atoms with van der Waals surface area (Å²) in [7, 11) is 0. The van der Waals surface area contributed by atoms with Gasteiger partial charge >= 0.3 is 5.97 Å². The molecule has 1 aliphatic carbocycles. The van der Waals surface area contributed by atoms with Crippen molar-refractivity contribution in [3.63, 3.8) is 0 Å². The lowest BCUT2D eigenvalue weighted by atomic mass is 9.71. The molecule has 3 rings (SSSR count). The largest absolute Gasteiger partial charge is 0.490 e. The second-order valence-corrected chi connectivity index (χ2v) is 12.8. The van der Waals surface area contributed by atoms with Crippen molar-refractivity contribution in [2.75, 3.05) is 6.61 Å². The molecule has 2 aromatic rings. The van der Waals surface area contributed by atoms with E-state index >= 15 is 0 Å². The smallest absolute Gasteiger partial charge is 0.346 e. The quantitative estimate of drug-likeness (QED) is 0.0610. The van der Waals surface area contributed by atoms with Crippen LogP contribution in [0.2, 0.25) is 0 Å². The molecule has 1 unspecified atom stereocenters. The summed E-state index contributed by atoms with van der Waals surface area (Å²) in [6, 6.07) is 10.0. The summed E-state index contributed by atoms with van der Waals surface area (Å²) in [6.45, 7) is 8.78. The van der Waals surface area contributed by atoms with Crippen LogP contribution in [0, 0.1) is 23.5 Å². The summed E-state index contributed by atoms with van der Waals surface area (Å²) in [4.78, 5) is 12.8. The molecule has 0 heterocycles. The molecule has 44 heavy (non-hydrogen) atoms. The molecule has 0 saturated heterocycles. The zero-order chi connectivity index (χ0) is 31.6. The highest BCUT2D eigenvalue weighted by molar-refractivity contribution is 5.91. The van der Waals surface area contributed by atoms with E-state index in [0.29, 0.717) is 24.2 Å². The Kier molecular flexibility index (Phi) is 16.6. The van der Waals surface area contributed by atoms with E-state index in [1.807, 2.05) is 18.2 Å². The predicted molar refractivity (Wildman–Crippen MR) is 178 cm³/mol. The Morgan fingerprint density at radius 1 is 0.818 bits per heavy atom. The number of carbonyl (C=O) groups excluding carboxylic acids is 1. The molecule has 0 aromatic heterocycles. The number of esters is 1. The number of hydrogen-bond donors (Lipinski definition) is 0. The molecule has 2 aromatic carbocycles. The van der Waals surface area contributed by atoms with Gasteiger partial charge < -0.3 is 9.47 Å². The number of carbonyl (C=O) groups is 1. The van der Waals surface area contributed by atoms with E-state index in [-0.39, 0.29) is 5.75 Å². The lowest BCUT2D eigenvalue weighted by Crippen LogP contribution is -2.20. The Hall–Kier alpha value is -2.69. The molecule has 244 valence electrons. The van der Waals surface area contributed by atoms with Crippen LogP contribution in [0.4, 0.5) is 8.78 Å². The topological polar surface area (TPSA) is 35.5 Å². The van der Waals surface area contributed by atoms with Gasteiger partial charge in [-0.25, -0.2) is 9.18 Å². The van der Waals surface area contributed by atoms with Gasteiger partial charge in [0.2, 0.25) is 5.82 Å². The summed E-state index contributed by atoms with van der Waals surface area (Å²) in [5.41, 5.74) is 0.757. The number of unbranched alkanes of at least 4 members (excludes halogenated alkanes) is 10. The highest BCUT2D eigenvalue weighted by atomic mass is 19.2. The Morgan fingerprint density at radius 3 is 2.07 bits per heavy atom. The van der Waals surface area contributed by atoms with Crippen molar-refractivity contribution in [1.29, 1.82) is 0 Å². The molecule has 0 bridgehead atoms. The molecular weight excluding hydrogens is 554 g/mol. The number of benzene rings is 2. The van der Waals surface area contributed by atoms with Crippen molar-refractivity contribution in [2.24, 2.45) is 11.8 Å². The number of allylic oxidation sites excluding steroid dienone is 1. The van der Waals surface area contributed by atoms with Gasteiger partial charge in [0, 0.05) is 0 Å². The fraction of sp³-hybridized carbons (Fsp3) is 0.615. The summed E-state index contributed by atoms with van der Waals surface area (Å²) in [6.07, 6.45) is 23.7. The maximum atomic E-state index is 14.8. The third kappa shape index (κ3) is 11.7. The molecule has 1 saturated carbocycles. The number of ether oxygens (including phenoxy) is 2. The van der Waals surface area contributed by atoms with E-state index in [2.05, 4.69) is 20.4 Å². The molecule has 0 radical (unpaired) electrons. The molecular formula is C39H56F2O3. The van der Waals surface area contributed by atoms with Crippen molar-refractivity contribution in [1.82, 2.24) is 0 Å². The van der Waals surface area contributed by atoms with Crippen molar-refractivity contribution in [3.8, 4) is 11.5 Å². The number of halogens is 2. The van der Waals surface area contributed by atoms with Gasteiger partial charge in [0.05, 0.1) is 12.2 Å². The van der Waals surface area contributed by atoms with E-state index in [1.54, 1.807) is 12.1 Å². The maximum absolute atomic E-state index is 14.8. The lowest BCUT2D eigenvalue weighted by Gasteiger charge is -2.34. The van der Waals surface area contributed by atoms with Crippen LogP contribution in [0.15, 0.2) is 49.1 Å². The van der Waals surface area contributed by atoms with Crippen LogP contribution in [0.1, 0.15) is 151 Å². The van der Waals surface area contributed by atoms with Crippen LogP contribution in [-0.4, -0.2) is 12.6 Å². The van der Waals surface area contributed by atoms with Crippen molar-refractivity contribution < 1.29 is 23.0 Å². The minimum absolute atomic E-state index is 0.175. The van der Waals surface area contributed by atoms with Crippen LogP contribution in [0.3, 0.4) is 0 Å². The van der Waals surface area contributed by atoms with Gasteiger partial charge in [0.25, 0.3) is 0 Å². The second kappa shape index (κ2) is 20.4. The van der Waals surface area contributed by atoms with Gasteiger partial charge in [0.15, 0.2) is 11.6 Å². The first-order chi connectivity index (χ1) is 21.5. The fourth-order valence-corrected chi connectivity index (χ4v) is 6.68. The zero-order valence-corrected chi connectivity index (χ0v) is 27.4. The SMILES string of the molecule is C=CCC(c1ccc(OC(=O)c2ccc(OCCCCCCCCCCC)c(F)c2F)cc1)C1CCC(CCCCC)CC1. The average Bonchev–Trinajstić information content (AvgIpc) is 3.03. The average molecular weight is 611 g/mol. The highest BCUT2D eigenvalue weighted by Crippen LogP contribution is 2.42. The first kappa shape index (κ1) is 35.8. The second-order valence-electron chi connectivity index (χ2n) is 12.8. The van der Waals surface area contributed by atoms with Gasteiger partial charge in [-0.05, 0) is 73.3 Å². The first-order valence-corrected chi connectivity index (χ1v) is 17.5. The van der Waals surface area contributed by atoms with E-state index < -0.39 is 23.2 Å². The normalized spacial score (nSPS) is 17.3. The standard InChI is InChI=1S/C39H56F2O3/c1-4-7-9-10-11-12-13-14-16-29-43-36-28-27-35(37(40)38(36)41)39(42)44-33-25-23-32(24-26-33)34(17-6-3)31-21-19-30(20-22-31)18-15-8-5-2/h6,23-28,30-31,34H,3-5,7-22,29H2,1-2H3. The van der Waals surface area contributed by atoms with E-state index in [1.165, 1.54) is 108 Å². The number of rotatable bonds is 21. The first-order valence-electron chi connectivity index (χ1n) is 17.5. The summed E-state index contributed by atoms with van der Waals surface area (Å²) in [5.74, 6) is -1.35. The van der Waals surface area contributed by atoms with Crippen molar-refractivity contribution >= 4 is 5.97 Å². The summed E-state index contributed by atoms with van der Waals surface area (Å²) in [5, 5.41) is 0. The minimum atomic E-state index is -1.24. The molecule has 1 atom stereocenters. The van der Waals surface area contributed by atoms with Gasteiger partial charge in [0.1, 0.15) is 5.75 Å². The van der Waals surface area contributed by atoms with Gasteiger partial charge in [-0.15, -0.1) is 6.58 Å². The molecule has 3 nitrogen and oxygen atoms in total. The monoisotopic (exact) mass is 610 g/mol. The van der Waals surface area contributed by atoms with Gasteiger partial charge in [-0.2, -0.15) is 4.39 Å². The Bertz CT molecular complexity index is 1110. The summed E-state index contributed by atoms with van der Waals surface area (Å²) < 4.78 is 40.5. The third-order valence-electron chi connectivity index (χ3n) is 9.39. The molecule has 0 amide bonds. The van der Waals surface area contributed by atoms with Crippen molar-refractivity contribution in [3.05, 3.63) is 71.8 Å². The maximum Gasteiger partial charge on any atom is 0.346 e. The van der Waals surface area contributed by atoms with Crippen molar-refractivity contribution in [2.45, 2.75) is 135 Å². The Morgan fingerprint density at radius 2 is 1.43 bits per heavy atom.